The van der Waals surface area contributed by atoms with E-state index in [4.69, 9.17) is 13.9 Å². The van der Waals surface area contributed by atoms with Gasteiger partial charge in [0.25, 0.3) is 0 Å². The monoisotopic (exact) mass is 449 g/mol. The van der Waals surface area contributed by atoms with Gasteiger partial charge in [-0.15, -0.1) is 0 Å². The molecule has 2 aromatic heterocycles. The molecule has 1 N–H and O–H groups in total. The van der Waals surface area contributed by atoms with E-state index in [-0.39, 0.29) is 18.1 Å². The molecule has 0 fully saturated rings. The molecular formula is C25H24FN3O4. The average Bonchev–Trinajstić information content (AvgIpc) is 3.47. The van der Waals surface area contributed by atoms with E-state index < -0.39 is 0 Å². The summed E-state index contributed by atoms with van der Waals surface area (Å²) in [5.74, 6) is 2.33. The first kappa shape index (κ1) is 22.1. The van der Waals surface area contributed by atoms with Crippen LogP contribution in [0.2, 0.25) is 0 Å². The predicted octanol–water partition coefficient (Wildman–Crippen LogP) is 4.92. The third-order valence-electron chi connectivity index (χ3n) is 5.19. The Labute approximate surface area is 190 Å². The lowest BCUT2D eigenvalue weighted by atomic mass is 10.1. The molecule has 0 radical (unpaired) electrons. The van der Waals surface area contributed by atoms with Crippen LogP contribution in [-0.4, -0.2) is 29.9 Å². The highest BCUT2D eigenvalue weighted by Crippen LogP contribution is 2.31. The Kier molecular flexibility index (Phi) is 6.73. The normalized spacial score (nSPS) is 10.8. The number of para-hydroxylation sites is 1. The van der Waals surface area contributed by atoms with Crippen molar-refractivity contribution in [2.24, 2.45) is 0 Å². The Hall–Kier alpha value is -4.07. The quantitative estimate of drug-likeness (QED) is 0.392. The molecule has 0 unspecified atom stereocenters. The number of anilines is 1. The molecule has 8 heteroatoms. The van der Waals surface area contributed by atoms with Gasteiger partial charge in [-0.25, -0.2) is 9.07 Å². The van der Waals surface area contributed by atoms with Crippen LogP contribution >= 0.6 is 0 Å². The third-order valence-corrected chi connectivity index (χ3v) is 5.19. The van der Waals surface area contributed by atoms with Gasteiger partial charge < -0.3 is 19.2 Å². The molecule has 0 saturated carbocycles. The predicted molar refractivity (Wildman–Crippen MR) is 122 cm³/mol. The molecule has 7 nitrogen and oxygen atoms in total. The average molecular weight is 449 g/mol. The SMILES string of the molecule is COc1cccc(Cn2nccc2NC(=O)CCc2ccc(-c3ccccc3F)o2)c1OC. The largest absolute Gasteiger partial charge is 0.493 e. The fraction of sp³-hybridized carbons (Fsp3) is 0.200. The number of aryl methyl sites for hydroxylation is 1. The first-order chi connectivity index (χ1) is 16.1. The molecule has 0 aliphatic rings. The molecule has 33 heavy (non-hydrogen) atoms. The van der Waals surface area contributed by atoms with Crippen LogP contribution in [0.15, 0.2) is 71.3 Å². The van der Waals surface area contributed by atoms with Crippen molar-refractivity contribution >= 4 is 11.7 Å². The van der Waals surface area contributed by atoms with Crippen molar-refractivity contribution in [2.75, 3.05) is 19.5 Å². The highest BCUT2D eigenvalue weighted by atomic mass is 19.1. The van der Waals surface area contributed by atoms with Gasteiger partial charge in [-0.05, 0) is 30.3 Å². The Morgan fingerprint density at radius 3 is 2.70 bits per heavy atom. The zero-order valence-corrected chi connectivity index (χ0v) is 18.4. The molecule has 0 saturated heterocycles. The van der Waals surface area contributed by atoms with Crippen LogP contribution in [0.25, 0.3) is 11.3 Å². The molecule has 0 bridgehead atoms. The molecule has 170 valence electrons. The number of halogens is 1. The molecule has 2 heterocycles. The number of rotatable bonds is 9. The molecular weight excluding hydrogens is 425 g/mol. The summed E-state index contributed by atoms with van der Waals surface area (Å²) in [7, 11) is 3.17. The summed E-state index contributed by atoms with van der Waals surface area (Å²) in [6, 6.07) is 17.2. The smallest absolute Gasteiger partial charge is 0.225 e. The number of benzene rings is 2. The van der Waals surface area contributed by atoms with Gasteiger partial charge >= 0.3 is 0 Å². The summed E-state index contributed by atoms with van der Waals surface area (Å²) in [6.07, 6.45) is 2.21. The van der Waals surface area contributed by atoms with Gasteiger partial charge in [-0.3, -0.25) is 4.79 Å². The number of hydrogen-bond acceptors (Lipinski definition) is 5. The van der Waals surface area contributed by atoms with Crippen LogP contribution in [0.1, 0.15) is 17.7 Å². The minimum atomic E-state index is -0.350. The molecule has 4 rings (SSSR count). The van der Waals surface area contributed by atoms with Crippen molar-refractivity contribution in [3.8, 4) is 22.8 Å². The number of ether oxygens (including phenoxy) is 2. The molecule has 0 aliphatic carbocycles. The summed E-state index contributed by atoms with van der Waals surface area (Å²) >= 11 is 0. The van der Waals surface area contributed by atoms with Gasteiger partial charge in [-0.2, -0.15) is 5.10 Å². The fourth-order valence-corrected chi connectivity index (χ4v) is 3.56. The van der Waals surface area contributed by atoms with Crippen molar-refractivity contribution in [2.45, 2.75) is 19.4 Å². The number of amides is 1. The van der Waals surface area contributed by atoms with Gasteiger partial charge in [0.2, 0.25) is 5.91 Å². The van der Waals surface area contributed by atoms with Crippen LogP contribution in [0.5, 0.6) is 11.5 Å². The minimum Gasteiger partial charge on any atom is -0.493 e. The second kappa shape index (κ2) is 10.0. The van der Waals surface area contributed by atoms with Gasteiger partial charge in [0, 0.05) is 24.5 Å². The lowest BCUT2D eigenvalue weighted by Crippen LogP contribution is -2.16. The van der Waals surface area contributed by atoms with E-state index >= 15 is 0 Å². The van der Waals surface area contributed by atoms with Crippen molar-refractivity contribution in [3.63, 3.8) is 0 Å². The number of methoxy groups -OCH3 is 2. The van der Waals surface area contributed by atoms with E-state index in [1.165, 1.54) is 6.07 Å². The molecule has 1 amide bonds. The van der Waals surface area contributed by atoms with Crippen molar-refractivity contribution in [1.82, 2.24) is 9.78 Å². The van der Waals surface area contributed by atoms with E-state index in [9.17, 15) is 9.18 Å². The van der Waals surface area contributed by atoms with Crippen molar-refractivity contribution < 1.29 is 23.1 Å². The minimum absolute atomic E-state index is 0.182. The number of aromatic nitrogens is 2. The molecule has 0 atom stereocenters. The van der Waals surface area contributed by atoms with Crippen LogP contribution in [0.3, 0.4) is 0 Å². The van der Waals surface area contributed by atoms with E-state index in [1.807, 2.05) is 18.2 Å². The third kappa shape index (κ3) is 5.06. The summed E-state index contributed by atoms with van der Waals surface area (Å²) in [6.45, 7) is 0.396. The highest BCUT2D eigenvalue weighted by molar-refractivity contribution is 5.89. The Morgan fingerprint density at radius 2 is 1.91 bits per heavy atom. The van der Waals surface area contributed by atoms with Crippen molar-refractivity contribution in [1.29, 1.82) is 0 Å². The van der Waals surface area contributed by atoms with E-state index in [1.54, 1.807) is 61.5 Å². The standard InChI is InChI=1S/C25H24FN3O4/c1-31-22-9-5-6-17(25(22)32-2)16-29-23(14-15-27-29)28-24(30)13-11-18-10-12-21(33-18)19-7-3-4-8-20(19)26/h3-10,12,14-15H,11,13,16H2,1-2H3,(H,28,30). The van der Waals surface area contributed by atoms with Gasteiger partial charge in [0.05, 0.1) is 32.5 Å². The first-order valence-corrected chi connectivity index (χ1v) is 10.4. The fourth-order valence-electron chi connectivity index (χ4n) is 3.56. The Morgan fingerprint density at radius 1 is 1.06 bits per heavy atom. The lowest BCUT2D eigenvalue weighted by molar-refractivity contribution is -0.116. The maximum Gasteiger partial charge on any atom is 0.225 e. The number of nitrogens with one attached hydrogen (secondary N) is 1. The maximum atomic E-state index is 13.9. The zero-order valence-electron chi connectivity index (χ0n) is 18.4. The summed E-state index contributed by atoms with van der Waals surface area (Å²) < 4.78 is 32.2. The van der Waals surface area contributed by atoms with Crippen LogP contribution in [0.4, 0.5) is 10.2 Å². The second-order valence-corrected chi connectivity index (χ2v) is 7.32. The number of nitrogens with zero attached hydrogens (tertiary/aromatic N) is 2. The van der Waals surface area contributed by atoms with Gasteiger partial charge in [0.15, 0.2) is 11.5 Å². The second-order valence-electron chi connectivity index (χ2n) is 7.32. The van der Waals surface area contributed by atoms with E-state index in [2.05, 4.69) is 10.4 Å². The summed E-state index contributed by atoms with van der Waals surface area (Å²) in [5.41, 5.74) is 1.26. The first-order valence-electron chi connectivity index (χ1n) is 10.4. The summed E-state index contributed by atoms with van der Waals surface area (Å²) in [5, 5.41) is 7.19. The lowest BCUT2D eigenvalue weighted by Gasteiger charge is -2.14. The summed E-state index contributed by atoms with van der Waals surface area (Å²) in [4.78, 5) is 12.5. The highest BCUT2D eigenvalue weighted by Gasteiger charge is 2.14. The number of hydrogen-bond donors (Lipinski definition) is 1. The molecule has 4 aromatic rings. The van der Waals surface area contributed by atoms with E-state index in [0.29, 0.717) is 47.4 Å². The van der Waals surface area contributed by atoms with Crippen LogP contribution in [0, 0.1) is 5.82 Å². The Balaban J connectivity index is 1.38. The Bertz CT molecular complexity index is 1250. The topological polar surface area (TPSA) is 78.5 Å². The number of furan rings is 1. The van der Waals surface area contributed by atoms with Crippen molar-refractivity contribution in [3.05, 3.63) is 84.0 Å². The zero-order chi connectivity index (χ0) is 23.2. The molecule has 0 spiro atoms. The maximum absolute atomic E-state index is 13.9. The molecule has 2 aromatic carbocycles. The number of carbonyl (C=O) groups is 1. The van der Waals surface area contributed by atoms with Crippen LogP contribution in [-0.2, 0) is 17.8 Å². The molecule has 0 aliphatic heterocycles. The van der Waals surface area contributed by atoms with Gasteiger partial charge in [0.1, 0.15) is 23.2 Å². The van der Waals surface area contributed by atoms with E-state index in [0.717, 1.165) is 5.56 Å². The van der Waals surface area contributed by atoms with Crippen LogP contribution < -0.4 is 14.8 Å². The number of carbonyl (C=O) groups excluding carboxylic acids is 1. The van der Waals surface area contributed by atoms with Gasteiger partial charge in [-0.1, -0.05) is 24.3 Å².